The summed E-state index contributed by atoms with van der Waals surface area (Å²) < 4.78 is -1.35. The van der Waals surface area contributed by atoms with Crippen molar-refractivity contribution in [3.63, 3.8) is 0 Å². The summed E-state index contributed by atoms with van der Waals surface area (Å²) in [6, 6.07) is 6.12. The highest BCUT2D eigenvalue weighted by molar-refractivity contribution is 14.1. The largest absolute Gasteiger partial charge is 0.481 e. The van der Waals surface area contributed by atoms with E-state index in [1.54, 1.807) is 34.7 Å². The quantitative estimate of drug-likeness (QED) is 0.369. The molecule has 0 saturated carbocycles. The lowest BCUT2D eigenvalue weighted by Crippen LogP contribution is -2.46. The minimum Gasteiger partial charge on any atom is -0.481 e. The molecule has 0 spiro atoms. The molecule has 4 N–H and O–H groups in total. The van der Waals surface area contributed by atoms with E-state index in [0.717, 1.165) is 0 Å². The Balaban J connectivity index is 2.70. The summed E-state index contributed by atoms with van der Waals surface area (Å²) in [6.07, 6.45) is -0.988. The Morgan fingerprint density at radius 1 is 1.08 bits per heavy atom. The van der Waals surface area contributed by atoms with Gasteiger partial charge in [0.05, 0.1) is 27.6 Å². The molecular weight excluding hydrogens is 447 g/mol. The Kier molecular flexibility index (Phi) is 5.35. The number of rotatable bonds is 6. The number of benzene rings is 1. The van der Waals surface area contributed by atoms with Crippen molar-refractivity contribution >= 4 is 46.5 Å². The number of carboxylic acids is 4. The molecule has 0 bridgehead atoms. The molecule has 25 heavy (non-hydrogen) atoms. The molecule has 1 aromatic rings. The summed E-state index contributed by atoms with van der Waals surface area (Å²) in [5, 5.41) is 37.6. The summed E-state index contributed by atoms with van der Waals surface area (Å²) in [4.78, 5) is 46.1. The van der Waals surface area contributed by atoms with Crippen LogP contribution < -0.4 is 0 Å². The highest BCUT2D eigenvalue weighted by Gasteiger charge is 2.54. The van der Waals surface area contributed by atoms with Crippen molar-refractivity contribution in [2.24, 2.45) is 11.8 Å². The SMILES string of the molecule is O=C(O)CC(C(=O)O)C1(I)CC(C(=O)O)C(C(=O)O)c2ccccc21. The van der Waals surface area contributed by atoms with Crippen LogP contribution in [-0.4, -0.2) is 44.3 Å². The van der Waals surface area contributed by atoms with Crippen LogP contribution in [0.2, 0.25) is 0 Å². The van der Waals surface area contributed by atoms with Gasteiger partial charge in [-0.25, -0.2) is 0 Å². The van der Waals surface area contributed by atoms with Crippen molar-refractivity contribution in [1.29, 1.82) is 0 Å². The van der Waals surface area contributed by atoms with Crippen molar-refractivity contribution in [2.45, 2.75) is 22.2 Å². The van der Waals surface area contributed by atoms with Crippen LogP contribution in [0.5, 0.6) is 0 Å². The number of hydrogen-bond donors (Lipinski definition) is 4. The van der Waals surface area contributed by atoms with Crippen LogP contribution in [0.15, 0.2) is 24.3 Å². The zero-order valence-corrected chi connectivity index (χ0v) is 14.9. The van der Waals surface area contributed by atoms with Crippen LogP contribution in [0.25, 0.3) is 0 Å². The first-order chi connectivity index (χ1) is 11.6. The Hall–Kier alpha value is -2.17. The minimum atomic E-state index is -1.40. The maximum Gasteiger partial charge on any atom is 0.311 e. The lowest BCUT2D eigenvalue weighted by Gasteiger charge is -2.42. The maximum absolute atomic E-state index is 11.7. The van der Waals surface area contributed by atoms with Crippen molar-refractivity contribution in [2.75, 3.05) is 0 Å². The number of fused-ring (bicyclic) bond motifs is 1. The molecule has 0 saturated heterocycles. The van der Waals surface area contributed by atoms with Crippen LogP contribution in [0.1, 0.15) is 29.9 Å². The van der Waals surface area contributed by atoms with E-state index >= 15 is 0 Å². The van der Waals surface area contributed by atoms with E-state index in [2.05, 4.69) is 0 Å². The molecular formula is C16H15IO8. The molecule has 0 amide bonds. The Morgan fingerprint density at radius 3 is 2.16 bits per heavy atom. The van der Waals surface area contributed by atoms with Crippen LogP contribution in [0.4, 0.5) is 0 Å². The van der Waals surface area contributed by atoms with Crippen molar-refractivity contribution < 1.29 is 39.6 Å². The average molecular weight is 462 g/mol. The normalized spacial score (nSPS) is 26.3. The van der Waals surface area contributed by atoms with Crippen LogP contribution in [0.3, 0.4) is 0 Å². The average Bonchev–Trinajstić information content (AvgIpc) is 2.51. The second-order valence-corrected chi connectivity index (χ2v) is 7.83. The van der Waals surface area contributed by atoms with E-state index in [9.17, 15) is 34.5 Å². The van der Waals surface area contributed by atoms with Gasteiger partial charge in [-0.1, -0.05) is 46.9 Å². The number of alkyl halides is 1. The molecule has 0 aliphatic heterocycles. The highest BCUT2D eigenvalue weighted by atomic mass is 127. The van der Waals surface area contributed by atoms with Gasteiger partial charge >= 0.3 is 23.9 Å². The van der Waals surface area contributed by atoms with Crippen molar-refractivity contribution in [3.8, 4) is 0 Å². The lowest BCUT2D eigenvalue weighted by molar-refractivity contribution is -0.153. The molecule has 4 unspecified atom stereocenters. The van der Waals surface area contributed by atoms with Gasteiger partial charge in [0.25, 0.3) is 0 Å². The number of aliphatic carboxylic acids is 4. The van der Waals surface area contributed by atoms with E-state index < -0.39 is 51.5 Å². The van der Waals surface area contributed by atoms with Gasteiger partial charge in [0.2, 0.25) is 0 Å². The number of hydrogen-bond acceptors (Lipinski definition) is 4. The molecule has 0 heterocycles. The summed E-state index contributed by atoms with van der Waals surface area (Å²) in [5.74, 6) is -9.46. The van der Waals surface area contributed by atoms with Gasteiger partial charge in [-0.3, -0.25) is 19.2 Å². The van der Waals surface area contributed by atoms with Crippen molar-refractivity contribution in [3.05, 3.63) is 35.4 Å². The summed E-state index contributed by atoms with van der Waals surface area (Å²) in [7, 11) is 0. The predicted molar refractivity (Wildman–Crippen MR) is 91.6 cm³/mol. The van der Waals surface area contributed by atoms with Gasteiger partial charge < -0.3 is 20.4 Å². The molecule has 8 nitrogen and oxygen atoms in total. The zero-order valence-electron chi connectivity index (χ0n) is 12.8. The predicted octanol–water partition coefficient (Wildman–Crippen LogP) is 1.77. The maximum atomic E-state index is 11.7. The molecule has 0 radical (unpaired) electrons. The smallest absolute Gasteiger partial charge is 0.311 e. The topological polar surface area (TPSA) is 149 Å². The molecule has 1 aliphatic rings. The Labute approximate surface area is 155 Å². The van der Waals surface area contributed by atoms with E-state index in [1.165, 1.54) is 12.1 Å². The second kappa shape index (κ2) is 6.98. The molecule has 0 aromatic heterocycles. The Morgan fingerprint density at radius 2 is 1.68 bits per heavy atom. The fourth-order valence-corrected chi connectivity index (χ4v) is 4.85. The molecule has 1 aliphatic carbocycles. The first kappa shape index (κ1) is 19.2. The summed E-state index contributed by atoms with van der Waals surface area (Å²) in [6.45, 7) is 0. The number of carboxylic acid groups (broad SMARTS) is 4. The van der Waals surface area contributed by atoms with Crippen LogP contribution in [0, 0.1) is 11.8 Å². The molecule has 0 fully saturated rings. The van der Waals surface area contributed by atoms with Gasteiger partial charge in [0, 0.05) is 0 Å². The first-order valence-electron chi connectivity index (χ1n) is 7.28. The van der Waals surface area contributed by atoms with Gasteiger partial charge in [-0.05, 0) is 17.5 Å². The van der Waals surface area contributed by atoms with Gasteiger partial charge in [0.15, 0.2) is 0 Å². The highest BCUT2D eigenvalue weighted by Crippen LogP contribution is 2.54. The monoisotopic (exact) mass is 462 g/mol. The van der Waals surface area contributed by atoms with Gasteiger partial charge in [0.1, 0.15) is 0 Å². The second-order valence-electron chi connectivity index (χ2n) is 5.90. The van der Waals surface area contributed by atoms with Crippen LogP contribution in [-0.2, 0) is 22.6 Å². The van der Waals surface area contributed by atoms with E-state index in [4.69, 9.17) is 5.11 Å². The van der Waals surface area contributed by atoms with Gasteiger partial charge in [-0.15, -0.1) is 0 Å². The lowest BCUT2D eigenvalue weighted by atomic mass is 9.66. The van der Waals surface area contributed by atoms with E-state index in [-0.39, 0.29) is 12.0 Å². The molecule has 9 heteroatoms. The Bertz CT molecular complexity index is 745. The third-order valence-electron chi connectivity index (χ3n) is 4.48. The third kappa shape index (κ3) is 3.46. The first-order valence-corrected chi connectivity index (χ1v) is 8.36. The van der Waals surface area contributed by atoms with E-state index in [1.807, 2.05) is 0 Å². The standard InChI is InChI=1S/C16H15IO8/c17-16(10(14(22)23)5-11(18)19)6-8(13(20)21)12(15(24)25)7-3-1-2-4-9(7)16/h1-4,8,10,12H,5-6H2,(H,18,19)(H,20,21)(H,22,23)(H,24,25). The fraction of sp³-hybridized carbons (Fsp3) is 0.375. The molecule has 1 aromatic carbocycles. The zero-order chi connectivity index (χ0) is 18.9. The van der Waals surface area contributed by atoms with E-state index in [0.29, 0.717) is 5.56 Å². The fourth-order valence-electron chi connectivity index (χ4n) is 3.40. The summed E-state index contributed by atoms with van der Waals surface area (Å²) in [5.41, 5.74) is 0.564. The number of halogens is 1. The van der Waals surface area contributed by atoms with Crippen molar-refractivity contribution in [1.82, 2.24) is 0 Å². The third-order valence-corrected chi connectivity index (χ3v) is 6.25. The molecule has 2 rings (SSSR count). The molecule has 134 valence electrons. The number of carbonyl (C=O) groups is 4. The van der Waals surface area contributed by atoms with Crippen LogP contribution >= 0.6 is 22.6 Å². The minimum absolute atomic E-state index is 0.208. The van der Waals surface area contributed by atoms with Gasteiger partial charge in [-0.2, -0.15) is 0 Å². The molecule has 4 atom stereocenters. The summed E-state index contributed by atoms with van der Waals surface area (Å²) >= 11 is 1.77.